The van der Waals surface area contributed by atoms with Gasteiger partial charge in [0.05, 0.1) is 17.7 Å². The van der Waals surface area contributed by atoms with E-state index >= 15 is 0 Å². The Morgan fingerprint density at radius 1 is 1.09 bits per heavy atom. The number of aliphatic hydroxyl groups excluding tert-OH is 1. The molecule has 0 aliphatic carbocycles. The van der Waals surface area contributed by atoms with Gasteiger partial charge in [-0.1, -0.05) is 12.1 Å². The quantitative estimate of drug-likeness (QED) is 0.349. The zero-order valence-corrected chi connectivity index (χ0v) is 18.7. The first-order valence-corrected chi connectivity index (χ1v) is 10.7. The second-order valence-electron chi connectivity index (χ2n) is 8.22. The maximum Gasteiger partial charge on any atom is 0.295 e. The van der Waals surface area contributed by atoms with Crippen molar-refractivity contribution in [3.63, 3.8) is 0 Å². The number of pyridine rings is 2. The fourth-order valence-electron chi connectivity index (χ4n) is 4.01. The third kappa shape index (κ3) is 4.48. The Balaban J connectivity index is 1.82. The summed E-state index contributed by atoms with van der Waals surface area (Å²) in [6.45, 7) is 5.86. The van der Waals surface area contributed by atoms with Gasteiger partial charge in [0, 0.05) is 36.9 Å². The number of carbonyl (C=O) groups excluding carboxylic acids is 2. The summed E-state index contributed by atoms with van der Waals surface area (Å²) in [6, 6.07) is 11.6. The number of ether oxygens (including phenoxy) is 1. The first-order chi connectivity index (χ1) is 15.9. The molecule has 2 aromatic heterocycles. The van der Waals surface area contributed by atoms with Crippen LogP contribution in [0.2, 0.25) is 0 Å². The van der Waals surface area contributed by atoms with E-state index in [4.69, 9.17) is 4.74 Å². The van der Waals surface area contributed by atoms with Crippen molar-refractivity contribution >= 4 is 17.4 Å². The number of aryl methyl sites for hydroxylation is 1. The van der Waals surface area contributed by atoms with Gasteiger partial charge in [0.25, 0.3) is 11.7 Å². The molecule has 1 aliphatic rings. The second-order valence-corrected chi connectivity index (χ2v) is 8.22. The number of rotatable bonds is 6. The van der Waals surface area contributed by atoms with Gasteiger partial charge in [-0.2, -0.15) is 0 Å². The van der Waals surface area contributed by atoms with E-state index in [-0.39, 0.29) is 24.0 Å². The van der Waals surface area contributed by atoms with Crippen LogP contribution < -0.4 is 4.74 Å². The van der Waals surface area contributed by atoms with Gasteiger partial charge in [0.2, 0.25) is 0 Å². The van der Waals surface area contributed by atoms with Crippen LogP contribution in [0.3, 0.4) is 0 Å². The van der Waals surface area contributed by atoms with Crippen molar-refractivity contribution in [3.05, 3.63) is 95.1 Å². The largest absolute Gasteiger partial charge is 0.507 e. The first-order valence-electron chi connectivity index (χ1n) is 10.7. The highest BCUT2D eigenvalue weighted by Crippen LogP contribution is 2.40. The molecule has 0 radical (unpaired) electrons. The number of aromatic nitrogens is 2. The van der Waals surface area contributed by atoms with E-state index in [9.17, 15) is 14.7 Å². The van der Waals surface area contributed by atoms with E-state index in [0.717, 1.165) is 11.1 Å². The molecule has 1 aliphatic heterocycles. The third-order valence-electron chi connectivity index (χ3n) is 5.44. The third-order valence-corrected chi connectivity index (χ3v) is 5.44. The number of likely N-dealkylation sites (tertiary alicyclic amines) is 1. The Labute approximate surface area is 192 Å². The molecule has 4 rings (SSSR count). The maximum atomic E-state index is 13.2. The van der Waals surface area contributed by atoms with Crippen molar-refractivity contribution in [1.82, 2.24) is 14.9 Å². The van der Waals surface area contributed by atoms with E-state index in [1.54, 1.807) is 61.2 Å². The molecule has 1 N–H and O–H groups in total. The molecule has 168 valence electrons. The van der Waals surface area contributed by atoms with Gasteiger partial charge < -0.3 is 14.7 Å². The van der Waals surface area contributed by atoms with Gasteiger partial charge in [-0.3, -0.25) is 19.6 Å². The molecule has 3 heterocycles. The number of amides is 1. The molecule has 1 amide bonds. The molecule has 0 spiro atoms. The molecule has 0 unspecified atom stereocenters. The molecule has 1 fully saturated rings. The van der Waals surface area contributed by atoms with E-state index in [1.165, 1.54) is 4.90 Å². The molecule has 33 heavy (non-hydrogen) atoms. The fourth-order valence-corrected chi connectivity index (χ4v) is 4.01. The summed E-state index contributed by atoms with van der Waals surface area (Å²) in [6.07, 6.45) is 6.52. The maximum absolute atomic E-state index is 13.2. The highest BCUT2D eigenvalue weighted by molar-refractivity contribution is 6.46. The van der Waals surface area contributed by atoms with Crippen LogP contribution in [0.5, 0.6) is 5.75 Å². The lowest BCUT2D eigenvalue weighted by Crippen LogP contribution is -2.29. The van der Waals surface area contributed by atoms with Crippen molar-refractivity contribution < 1.29 is 19.4 Å². The molecule has 0 bridgehead atoms. The number of ketones is 1. The Kier molecular flexibility index (Phi) is 6.22. The summed E-state index contributed by atoms with van der Waals surface area (Å²) in [5, 5.41) is 11.3. The van der Waals surface area contributed by atoms with Crippen LogP contribution in [-0.4, -0.2) is 37.8 Å². The molecule has 3 aromatic rings. The predicted molar refractivity (Wildman–Crippen MR) is 123 cm³/mol. The molecule has 1 saturated heterocycles. The van der Waals surface area contributed by atoms with Gasteiger partial charge in [0.15, 0.2) is 0 Å². The zero-order valence-electron chi connectivity index (χ0n) is 18.7. The average Bonchev–Trinajstić information content (AvgIpc) is 3.04. The van der Waals surface area contributed by atoms with Crippen LogP contribution in [0, 0.1) is 6.92 Å². The summed E-state index contributed by atoms with van der Waals surface area (Å²) in [7, 11) is 0. The van der Waals surface area contributed by atoms with E-state index in [2.05, 4.69) is 9.97 Å². The van der Waals surface area contributed by atoms with Gasteiger partial charge in [-0.15, -0.1) is 0 Å². The minimum Gasteiger partial charge on any atom is -0.507 e. The van der Waals surface area contributed by atoms with Gasteiger partial charge in [-0.25, -0.2) is 0 Å². The van der Waals surface area contributed by atoms with Crippen LogP contribution >= 0.6 is 0 Å². The van der Waals surface area contributed by atoms with Crippen LogP contribution in [0.1, 0.15) is 42.1 Å². The summed E-state index contributed by atoms with van der Waals surface area (Å²) < 4.78 is 5.73. The minimum atomic E-state index is -0.773. The number of Topliss-reactive ketones (excluding diaryl/α,β-unsaturated/α-hetero) is 1. The van der Waals surface area contributed by atoms with Gasteiger partial charge in [-0.05, 0) is 67.8 Å². The number of nitrogens with zero attached hydrogens (tertiary/aromatic N) is 3. The van der Waals surface area contributed by atoms with Crippen molar-refractivity contribution in [2.45, 2.75) is 39.5 Å². The molecule has 1 atom stereocenters. The van der Waals surface area contributed by atoms with Crippen LogP contribution in [0.4, 0.5) is 0 Å². The van der Waals surface area contributed by atoms with Crippen LogP contribution in [-0.2, 0) is 16.1 Å². The van der Waals surface area contributed by atoms with Crippen LogP contribution in [0.25, 0.3) is 5.76 Å². The molecule has 0 saturated carbocycles. The first kappa shape index (κ1) is 22.2. The number of hydrogen-bond acceptors (Lipinski definition) is 6. The SMILES string of the molecule is Cc1cc(OC(C)C)ccc1/C(O)=C1\C(=O)C(=O)N(Cc2cccnc2)[C@@H]1c1cccnc1. The monoisotopic (exact) mass is 443 g/mol. The Hall–Kier alpha value is -4.00. The second kappa shape index (κ2) is 9.24. The fraction of sp³-hybridized carbons (Fsp3) is 0.231. The highest BCUT2D eigenvalue weighted by atomic mass is 16.5. The Morgan fingerprint density at radius 3 is 2.42 bits per heavy atom. The standard InChI is InChI=1S/C26H25N3O4/c1-16(2)33-20-8-9-21(17(3)12-20)24(30)22-23(19-7-5-11-28-14-19)29(26(32)25(22)31)15-18-6-4-10-27-13-18/h4-14,16,23,30H,15H2,1-3H3/b24-22+/t23-/m1/s1. The van der Waals surface area contributed by atoms with Crippen molar-refractivity contribution in [3.8, 4) is 5.75 Å². The Bertz CT molecular complexity index is 1210. The van der Waals surface area contributed by atoms with Gasteiger partial charge >= 0.3 is 0 Å². The molecule has 7 nitrogen and oxygen atoms in total. The van der Waals surface area contributed by atoms with Crippen molar-refractivity contribution in [2.24, 2.45) is 0 Å². The average molecular weight is 444 g/mol. The molecule has 1 aromatic carbocycles. The lowest BCUT2D eigenvalue weighted by Gasteiger charge is -2.25. The molecular weight excluding hydrogens is 418 g/mol. The smallest absolute Gasteiger partial charge is 0.295 e. The summed E-state index contributed by atoms with van der Waals surface area (Å²) in [4.78, 5) is 35.9. The molecular formula is C26H25N3O4. The van der Waals surface area contributed by atoms with Gasteiger partial charge in [0.1, 0.15) is 11.5 Å². The summed E-state index contributed by atoms with van der Waals surface area (Å²) in [5.41, 5.74) is 2.66. The van der Waals surface area contributed by atoms with E-state index in [0.29, 0.717) is 16.9 Å². The topological polar surface area (TPSA) is 92.6 Å². The summed E-state index contributed by atoms with van der Waals surface area (Å²) >= 11 is 0. The zero-order chi connectivity index (χ0) is 23.5. The molecule has 7 heteroatoms. The van der Waals surface area contributed by atoms with E-state index in [1.807, 2.05) is 26.8 Å². The number of benzene rings is 1. The lowest BCUT2D eigenvalue weighted by atomic mass is 9.94. The number of carbonyl (C=O) groups is 2. The Morgan fingerprint density at radius 2 is 1.82 bits per heavy atom. The number of hydrogen-bond donors (Lipinski definition) is 1. The summed E-state index contributed by atoms with van der Waals surface area (Å²) in [5.74, 6) is -0.955. The van der Waals surface area contributed by atoms with E-state index < -0.39 is 17.7 Å². The van der Waals surface area contributed by atoms with Crippen molar-refractivity contribution in [1.29, 1.82) is 0 Å². The normalized spacial score (nSPS) is 17.6. The highest BCUT2D eigenvalue weighted by Gasteiger charge is 2.46. The number of aliphatic hydroxyl groups is 1. The van der Waals surface area contributed by atoms with Crippen LogP contribution in [0.15, 0.2) is 72.8 Å². The van der Waals surface area contributed by atoms with Crippen molar-refractivity contribution in [2.75, 3.05) is 0 Å². The minimum absolute atomic E-state index is 0.00669. The predicted octanol–water partition coefficient (Wildman–Crippen LogP) is 4.19. The lowest BCUT2D eigenvalue weighted by molar-refractivity contribution is -0.140.